The first-order chi connectivity index (χ1) is 13.0. The van der Waals surface area contributed by atoms with Crippen molar-refractivity contribution in [3.8, 4) is 0 Å². The smallest absolute Gasteiger partial charge is 0.271 e. The van der Waals surface area contributed by atoms with Gasteiger partial charge in [0.15, 0.2) is 0 Å². The zero-order chi connectivity index (χ0) is 19.4. The molecular weight excluding hydrogens is 340 g/mol. The fourth-order valence-corrected chi connectivity index (χ4v) is 3.72. The third-order valence-corrected chi connectivity index (χ3v) is 5.20. The number of rotatable bonds is 7. The molecule has 2 N–H and O–H groups in total. The fourth-order valence-electron chi connectivity index (χ4n) is 3.72. The number of hydrogen-bond donors (Lipinski definition) is 2. The summed E-state index contributed by atoms with van der Waals surface area (Å²) in [6, 6.07) is 8.54. The third-order valence-electron chi connectivity index (χ3n) is 5.20. The highest BCUT2D eigenvalue weighted by atomic mass is 16.2. The molecule has 0 radical (unpaired) electrons. The number of carbonyl (C=O) groups is 2. The molecule has 6 heteroatoms. The molecule has 2 unspecified atom stereocenters. The maximum absolute atomic E-state index is 13.0. The number of aryl methyl sites for hydroxylation is 1. The lowest BCUT2D eigenvalue weighted by Gasteiger charge is -2.41. The van der Waals surface area contributed by atoms with Crippen LogP contribution in [0.2, 0.25) is 0 Å². The number of carbonyl (C=O) groups excluding carboxylic acids is 2. The van der Waals surface area contributed by atoms with E-state index in [9.17, 15) is 9.59 Å². The number of fused-ring (bicyclic) bond motifs is 1. The van der Waals surface area contributed by atoms with Gasteiger partial charge in [0.05, 0.1) is 18.6 Å². The van der Waals surface area contributed by atoms with Gasteiger partial charge in [0.25, 0.3) is 5.91 Å². The van der Waals surface area contributed by atoms with Gasteiger partial charge in [-0.05, 0) is 31.9 Å². The molecule has 6 nitrogen and oxygen atoms in total. The van der Waals surface area contributed by atoms with E-state index in [-0.39, 0.29) is 30.4 Å². The van der Waals surface area contributed by atoms with E-state index in [0.717, 1.165) is 24.8 Å². The van der Waals surface area contributed by atoms with Gasteiger partial charge < -0.3 is 10.2 Å². The summed E-state index contributed by atoms with van der Waals surface area (Å²) in [7, 11) is 0. The van der Waals surface area contributed by atoms with E-state index in [1.807, 2.05) is 18.0 Å². The van der Waals surface area contributed by atoms with Crippen molar-refractivity contribution in [2.45, 2.75) is 52.1 Å². The maximum atomic E-state index is 13.0. The average Bonchev–Trinajstić information content (AvgIpc) is 3.10. The summed E-state index contributed by atoms with van der Waals surface area (Å²) in [4.78, 5) is 26.7. The second kappa shape index (κ2) is 8.57. The number of amides is 2. The zero-order valence-electron chi connectivity index (χ0n) is 16.5. The minimum absolute atomic E-state index is 0.0157. The summed E-state index contributed by atoms with van der Waals surface area (Å²) >= 11 is 0. The SMILES string of the molecule is CCCCC1CN(CC(=O)NCC)C(=O)C2=CC(c3ccc(C)cc3)NN21. The van der Waals surface area contributed by atoms with E-state index in [4.69, 9.17) is 0 Å². The molecule has 0 aromatic heterocycles. The lowest BCUT2D eigenvalue weighted by atomic mass is 10.0. The standard InChI is InChI=1S/C21H30N4O2/c1-4-6-7-17-13-24(14-20(26)22-5-2)21(27)19-12-18(23-25(17)19)16-10-8-15(3)9-11-16/h8-12,17-18,23H,4-7,13-14H2,1-3H3,(H,22,26). The molecule has 1 aromatic carbocycles. The highest BCUT2D eigenvalue weighted by molar-refractivity contribution is 5.96. The van der Waals surface area contributed by atoms with Crippen LogP contribution < -0.4 is 10.7 Å². The number of likely N-dealkylation sites (N-methyl/N-ethyl adjacent to an activating group) is 1. The Morgan fingerprint density at radius 2 is 2.00 bits per heavy atom. The molecule has 146 valence electrons. The molecule has 0 saturated carbocycles. The second-order valence-corrected chi connectivity index (χ2v) is 7.37. The van der Waals surface area contributed by atoms with Crippen LogP contribution in [0.5, 0.6) is 0 Å². The molecule has 2 aliphatic heterocycles. The van der Waals surface area contributed by atoms with Crippen molar-refractivity contribution < 1.29 is 9.59 Å². The highest BCUT2D eigenvalue weighted by Gasteiger charge is 2.40. The van der Waals surface area contributed by atoms with E-state index < -0.39 is 0 Å². The van der Waals surface area contributed by atoms with Crippen LogP contribution in [-0.4, -0.2) is 47.4 Å². The Morgan fingerprint density at radius 1 is 1.26 bits per heavy atom. The molecule has 0 spiro atoms. The van der Waals surface area contributed by atoms with Crippen molar-refractivity contribution in [3.63, 3.8) is 0 Å². The van der Waals surface area contributed by atoms with Crippen molar-refractivity contribution in [2.75, 3.05) is 19.6 Å². The number of piperazine rings is 1. The molecule has 0 aliphatic carbocycles. The topological polar surface area (TPSA) is 64.7 Å². The molecule has 27 heavy (non-hydrogen) atoms. The second-order valence-electron chi connectivity index (χ2n) is 7.37. The summed E-state index contributed by atoms with van der Waals surface area (Å²) in [5, 5.41) is 4.83. The first-order valence-corrected chi connectivity index (χ1v) is 9.93. The molecule has 2 heterocycles. The van der Waals surface area contributed by atoms with Crippen molar-refractivity contribution in [2.24, 2.45) is 0 Å². The van der Waals surface area contributed by atoms with Gasteiger partial charge in [-0.3, -0.25) is 14.6 Å². The zero-order valence-corrected chi connectivity index (χ0v) is 16.5. The van der Waals surface area contributed by atoms with Gasteiger partial charge in [0.1, 0.15) is 5.70 Å². The first kappa shape index (κ1) is 19.4. The minimum Gasteiger partial charge on any atom is -0.355 e. The Balaban J connectivity index is 1.82. The number of hydrogen-bond acceptors (Lipinski definition) is 4. The van der Waals surface area contributed by atoms with E-state index in [1.54, 1.807) is 4.90 Å². The Bertz CT molecular complexity index is 713. The molecule has 0 bridgehead atoms. The van der Waals surface area contributed by atoms with Crippen molar-refractivity contribution in [3.05, 3.63) is 47.2 Å². The number of nitrogens with zero attached hydrogens (tertiary/aromatic N) is 2. The summed E-state index contributed by atoms with van der Waals surface area (Å²) in [5.74, 6) is -0.175. The lowest BCUT2D eigenvalue weighted by molar-refractivity contribution is -0.138. The van der Waals surface area contributed by atoms with Crippen LogP contribution in [0.1, 0.15) is 50.3 Å². The van der Waals surface area contributed by atoms with Crippen LogP contribution in [0.25, 0.3) is 0 Å². The van der Waals surface area contributed by atoms with Crippen LogP contribution in [-0.2, 0) is 9.59 Å². The van der Waals surface area contributed by atoms with Crippen LogP contribution in [0.3, 0.4) is 0 Å². The maximum Gasteiger partial charge on any atom is 0.271 e. The number of benzene rings is 1. The largest absolute Gasteiger partial charge is 0.355 e. The summed E-state index contributed by atoms with van der Waals surface area (Å²) in [5.41, 5.74) is 6.53. The van der Waals surface area contributed by atoms with Crippen molar-refractivity contribution in [1.29, 1.82) is 0 Å². The van der Waals surface area contributed by atoms with Gasteiger partial charge >= 0.3 is 0 Å². The third kappa shape index (κ3) is 4.33. The Labute approximate surface area is 161 Å². The number of unbranched alkanes of at least 4 members (excludes halogenated alkanes) is 1. The van der Waals surface area contributed by atoms with Gasteiger partial charge in [-0.15, -0.1) is 0 Å². The van der Waals surface area contributed by atoms with Gasteiger partial charge in [-0.2, -0.15) is 0 Å². The van der Waals surface area contributed by atoms with E-state index >= 15 is 0 Å². The fraction of sp³-hybridized carbons (Fsp3) is 0.524. The summed E-state index contributed by atoms with van der Waals surface area (Å²) in [6.45, 7) is 7.39. The minimum atomic E-state index is -0.102. The highest BCUT2D eigenvalue weighted by Crippen LogP contribution is 2.32. The molecular formula is C21H30N4O2. The Morgan fingerprint density at radius 3 is 2.67 bits per heavy atom. The average molecular weight is 370 g/mol. The molecule has 2 atom stereocenters. The van der Waals surface area contributed by atoms with Gasteiger partial charge in [0.2, 0.25) is 5.91 Å². The van der Waals surface area contributed by atoms with Crippen LogP contribution >= 0.6 is 0 Å². The number of hydrazine groups is 1. The molecule has 1 fully saturated rings. The van der Waals surface area contributed by atoms with Crippen LogP contribution in [0.15, 0.2) is 36.0 Å². The van der Waals surface area contributed by atoms with Crippen molar-refractivity contribution >= 4 is 11.8 Å². The van der Waals surface area contributed by atoms with Crippen LogP contribution in [0, 0.1) is 6.92 Å². The predicted octanol–water partition coefficient (Wildman–Crippen LogP) is 2.28. The van der Waals surface area contributed by atoms with E-state index in [1.165, 1.54) is 5.56 Å². The molecule has 1 aromatic rings. The molecule has 1 saturated heterocycles. The first-order valence-electron chi connectivity index (χ1n) is 9.93. The van der Waals surface area contributed by atoms with E-state index in [2.05, 4.69) is 48.9 Å². The normalized spacial score (nSPS) is 21.9. The molecule has 2 amide bonds. The summed E-state index contributed by atoms with van der Waals surface area (Å²) < 4.78 is 0. The monoisotopic (exact) mass is 370 g/mol. The Hall–Kier alpha value is -2.34. The summed E-state index contributed by atoms with van der Waals surface area (Å²) in [6.07, 6.45) is 5.18. The molecule has 3 rings (SSSR count). The van der Waals surface area contributed by atoms with Crippen LogP contribution in [0.4, 0.5) is 0 Å². The molecule has 2 aliphatic rings. The Kier molecular flexibility index (Phi) is 6.16. The predicted molar refractivity (Wildman–Crippen MR) is 106 cm³/mol. The van der Waals surface area contributed by atoms with Crippen molar-refractivity contribution in [1.82, 2.24) is 20.7 Å². The van der Waals surface area contributed by atoms with Gasteiger partial charge in [0, 0.05) is 13.1 Å². The quantitative estimate of drug-likeness (QED) is 0.773. The van der Waals surface area contributed by atoms with E-state index in [0.29, 0.717) is 18.8 Å². The van der Waals surface area contributed by atoms with Gasteiger partial charge in [-0.25, -0.2) is 5.43 Å². The number of nitrogens with one attached hydrogen (secondary N) is 2. The van der Waals surface area contributed by atoms with Gasteiger partial charge in [-0.1, -0.05) is 49.6 Å². The lowest BCUT2D eigenvalue weighted by Crippen LogP contribution is -2.58.